The lowest BCUT2D eigenvalue weighted by molar-refractivity contribution is -0.137. The summed E-state index contributed by atoms with van der Waals surface area (Å²) in [6, 6.07) is 21.5. The molecular formula is C31H25F3N2O3. The summed E-state index contributed by atoms with van der Waals surface area (Å²) in [6.07, 6.45) is -4.63. The summed E-state index contributed by atoms with van der Waals surface area (Å²) in [4.78, 5) is 42.5. The van der Waals surface area contributed by atoms with Crippen molar-refractivity contribution in [3.05, 3.63) is 123 Å². The molecule has 198 valence electrons. The van der Waals surface area contributed by atoms with E-state index in [1.54, 1.807) is 42.5 Å². The number of rotatable bonds is 4. The minimum absolute atomic E-state index is 0.0144. The molecule has 0 unspecified atom stereocenters. The summed E-state index contributed by atoms with van der Waals surface area (Å²) in [5, 5.41) is 0. The van der Waals surface area contributed by atoms with Gasteiger partial charge in [0.15, 0.2) is 0 Å². The van der Waals surface area contributed by atoms with E-state index < -0.39 is 34.5 Å². The van der Waals surface area contributed by atoms with E-state index in [1.807, 2.05) is 32.9 Å². The third-order valence-corrected chi connectivity index (χ3v) is 6.76. The Morgan fingerprint density at radius 1 is 0.744 bits per heavy atom. The summed E-state index contributed by atoms with van der Waals surface area (Å²) in [7, 11) is 0. The number of fused-ring (bicyclic) bond motifs is 1. The van der Waals surface area contributed by atoms with Gasteiger partial charge < -0.3 is 0 Å². The Morgan fingerprint density at radius 2 is 1.41 bits per heavy atom. The predicted molar refractivity (Wildman–Crippen MR) is 142 cm³/mol. The third-order valence-electron chi connectivity index (χ3n) is 6.76. The van der Waals surface area contributed by atoms with Gasteiger partial charge in [0.2, 0.25) is 0 Å². The standard InChI is InChI=1S/C31H25F3N2O3/c1-30(2,3)23-14-7-8-15-24(23)36-25(37)17-22(20-12-9-13-21(16-20)31(32,33)34)26-27(36)29(39)35(28(26)38)18-19-10-5-4-6-11-19/h4-17H,18H2,1-3H3. The van der Waals surface area contributed by atoms with Gasteiger partial charge in [-0.2, -0.15) is 13.2 Å². The number of alkyl halides is 3. The number of imide groups is 1. The second-order valence-electron chi connectivity index (χ2n) is 10.5. The van der Waals surface area contributed by atoms with Crippen LogP contribution in [-0.4, -0.2) is 21.3 Å². The molecule has 1 aromatic heterocycles. The fourth-order valence-electron chi connectivity index (χ4n) is 4.93. The van der Waals surface area contributed by atoms with Gasteiger partial charge in [-0.1, -0.05) is 81.4 Å². The van der Waals surface area contributed by atoms with Crippen molar-refractivity contribution in [1.82, 2.24) is 9.47 Å². The highest BCUT2D eigenvalue weighted by atomic mass is 19.4. The molecule has 3 aromatic carbocycles. The van der Waals surface area contributed by atoms with E-state index in [0.29, 0.717) is 11.3 Å². The van der Waals surface area contributed by atoms with E-state index in [2.05, 4.69) is 0 Å². The van der Waals surface area contributed by atoms with E-state index in [9.17, 15) is 27.6 Å². The smallest absolute Gasteiger partial charge is 0.271 e. The number of para-hydroxylation sites is 1. The van der Waals surface area contributed by atoms with Gasteiger partial charge in [0, 0.05) is 11.6 Å². The van der Waals surface area contributed by atoms with Gasteiger partial charge in [-0.05, 0) is 40.3 Å². The molecule has 0 bridgehead atoms. The quantitative estimate of drug-likeness (QED) is 0.279. The number of pyridine rings is 1. The zero-order valence-electron chi connectivity index (χ0n) is 21.5. The van der Waals surface area contributed by atoms with Crippen LogP contribution in [0.1, 0.15) is 58.3 Å². The first kappa shape index (κ1) is 26.2. The summed E-state index contributed by atoms with van der Waals surface area (Å²) in [5.41, 5.74) is -0.320. The lowest BCUT2D eigenvalue weighted by Crippen LogP contribution is -2.31. The van der Waals surface area contributed by atoms with Gasteiger partial charge in [-0.25, -0.2) is 0 Å². The highest BCUT2D eigenvalue weighted by molar-refractivity contribution is 6.23. The van der Waals surface area contributed by atoms with Crippen molar-refractivity contribution in [3.63, 3.8) is 0 Å². The molecule has 1 aliphatic rings. The SMILES string of the molecule is CC(C)(C)c1ccccc1-n1c2c(c(-c3cccc(C(F)(F)F)c3)cc1=O)C(=O)N(Cc1ccccc1)C2=O. The molecular weight excluding hydrogens is 505 g/mol. The summed E-state index contributed by atoms with van der Waals surface area (Å²) in [6.45, 7) is 5.83. The number of aromatic nitrogens is 1. The van der Waals surface area contributed by atoms with Gasteiger partial charge in [0.25, 0.3) is 17.4 Å². The number of amides is 2. The molecule has 2 amide bonds. The van der Waals surface area contributed by atoms with Crippen LogP contribution in [0.3, 0.4) is 0 Å². The van der Waals surface area contributed by atoms with Crippen molar-refractivity contribution in [3.8, 4) is 16.8 Å². The zero-order chi connectivity index (χ0) is 28.1. The zero-order valence-corrected chi connectivity index (χ0v) is 21.5. The second-order valence-corrected chi connectivity index (χ2v) is 10.5. The molecule has 39 heavy (non-hydrogen) atoms. The molecule has 0 aliphatic carbocycles. The van der Waals surface area contributed by atoms with E-state index in [0.717, 1.165) is 28.7 Å². The molecule has 0 spiro atoms. The van der Waals surface area contributed by atoms with Crippen molar-refractivity contribution in [2.75, 3.05) is 0 Å². The van der Waals surface area contributed by atoms with Crippen LogP contribution < -0.4 is 5.56 Å². The number of benzene rings is 3. The fraction of sp³-hybridized carbons (Fsp3) is 0.194. The summed E-state index contributed by atoms with van der Waals surface area (Å²) >= 11 is 0. The predicted octanol–water partition coefficient (Wildman–Crippen LogP) is 6.62. The molecule has 5 nitrogen and oxygen atoms in total. The molecule has 4 aromatic rings. The highest BCUT2D eigenvalue weighted by Crippen LogP contribution is 2.38. The lowest BCUT2D eigenvalue weighted by atomic mass is 9.85. The van der Waals surface area contributed by atoms with Crippen molar-refractivity contribution < 1.29 is 22.8 Å². The summed E-state index contributed by atoms with van der Waals surface area (Å²) < 4.78 is 41.8. The number of hydrogen-bond donors (Lipinski definition) is 0. The lowest BCUT2D eigenvalue weighted by Gasteiger charge is -2.24. The number of nitrogens with zero attached hydrogens (tertiary/aromatic N) is 2. The molecule has 0 N–H and O–H groups in total. The first-order valence-electron chi connectivity index (χ1n) is 12.4. The van der Waals surface area contributed by atoms with Crippen LogP contribution in [0.2, 0.25) is 0 Å². The second kappa shape index (κ2) is 9.38. The number of carbonyl (C=O) groups is 2. The van der Waals surface area contributed by atoms with Crippen LogP contribution in [-0.2, 0) is 18.1 Å². The fourth-order valence-corrected chi connectivity index (χ4v) is 4.93. The molecule has 5 rings (SSSR count). The molecule has 0 atom stereocenters. The Morgan fingerprint density at radius 3 is 2.08 bits per heavy atom. The van der Waals surface area contributed by atoms with Crippen LogP contribution in [0.4, 0.5) is 13.2 Å². The molecule has 2 heterocycles. The van der Waals surface area contributed by atoms with Crippen LogP contribution in [0.25, 0.3) is 16.8 Å². The molecule has 8 heteroatoms. The van der Waals surface area contributed by atoms with Crippen molar-refractivity contribution >= 4 is 11.8 Å². The van der Waals surface area contributed by atoms with E-state index >= 15 is 0 Å². The molecule has 1 aliphatic heterocycles. The first-order valence-corrected chi connectivity index (χ1v) is 12.4. The largest absolute Gasteiger partial charge is 0.416 e. The maximum Gasteiger partial charge on any atom is 0.416 e. The minimum atomic E-state index is -4.63. The van der Waals surface area contributed by atoms with E-state index in [1.165, 1.54) is 16.7 Å². The Bertz CT molecular complexity index is 1670. The highest BCUT2D eigenvalue weighted by Gasteiger charge is 2.42. The van der Waals surface area contributed by atoms with Crippen molar-refractivity contribution in [1.29, 1.82) is 0 Å². The third kappa shape index (κ3) is 4.67. The van der Waals surface area contributed by atoms with Gasteiger partial charge >= 0.3 is 6.18 Å². The number of halogens is 3. The van der Waals surface area contributed by atoms with Gasteiger partial charge in [0.1, 0.15) is 5.69 Å². The van der Waals surface area contributed by atoms with Crippen LogP contribution in [0, 0.1) is 0 Å². The van der Waals surface area contributed by atoms with E-state index in [4.69, 9.17) is 0 Å². The average Bonchev–Trinajstić information content (AvgIpc) is 3.13. The Labute approximate surface area is 223 Å². The van der Waals surface area contributed by atoms with Crippen LogP contribution in [0.5, 0.6) is 0 Å². The minimum Gasteiger partial charge on any atom is -0.271 e. The van der Waals surface area contributed by atoms with Gasteiger partial charge in [-0.15, -0.1) is 0 Å². The maximum atomic E-state index is 13.9. The molecule has 0 fully saturated rings. The Balaban J connectivity index is 1.80. The topological polar surface area (TPSA) is 59.4 Å². The van der Waals surface area contributed by atoms with Gasteiger partial charge in [0.05, 0.1) is 23.4 Å². The van der Waals surface area contributed by atoms with Crippen molar-refractivity contribution in [2.24, 2.45) is 0 Å². The maximum absolute atomic E-state index is 13.9. The summed E-state index contributed by atoms with van der Waals surface area (Å²) in [5.74, 6) is -1.36. The Kier molecular flexibility index (Phi) is 6.29. The Hall–Kier alpha value is -4.46. The number of hydrogen-bond acceptors (Lipinski definition) is 3. The molecule has 0 saturated heterocycles. The van der Waals surface area contributed by atoms with Crippen LogP contribution >= 0.6 is 0 Å². The normalized spacial score (nSPS) is 13.6. The monoisotopic (exact) mass is 530 g/mol. The number of carbonyl (C=O) groups excluding carboxylic acids is 2. The molecule has 0 radical (unpaired) electrons. The van der Waals surface area contributed by atoms with Gasteiger partial charge in [-0.3, -0.25) is 23.9 Å². The van der Waals surface area contributed by atoms with E-state index in [-0.39, 0.29) is 28.9 Å². The molecule has 0 saturated carbocycles. The van der Waals surface area contributed by atoms with Crippen molar-refractivity contribution in [2.45, 2.75) is 38.9 Å². The first-order chi connectivity index (χ1) is 18.4. The van der Waals surface area contributed by atoms with Crippen LogP contribution in [0.15, 0.2) is 89.7 Å². The average molecular weight is 531 g/mol.